The Kier molecular flexibility index (Phi) is 6.53. The second kappa shape index (κ2) is 8.75. The smallest absolute Gasteiger partial charge is 0.416 e. The number of hydrogen-bond acceptors (Lipinski definition) is 6. The Morgan fingerprint density at radius 3 is 2.42 bits per heavy atom. The predicted octanol–water partition coefficient (Wildman–Crippen LogP) is 5.60. The van der Waals surface area contributed by atoms with Gasteiger partial charge in [0.05, 0.1) is 33.2 Å². The van der Waals surface area contributed by atoms with E-state index < -0.39 is 33.5 Å². The average Bonchev–Trinajstić information content (AvgIpc) is 3.06. The first-order chi connectivity index (χ1) is 15.2. The number of benzene rings is 2. The predicted molar refractivity (Wildman–Crippen MR) is 117 cm³/mol. The molecule has 13 heteroatoms. The van der Waals surface area contributed by atoms with E-state index in [9.17, 15) is 28.1 Å². The summed E-state index contributed by atoms with van der Waals surface area (Å²) in [7, 11) is 1.45. The highest BCUT2D eigenvalue weighted by molar-refractivity contribution is 7.99. The summed E-state index contributed by atoms with van der Waals surface area (Å²) in [5.74, 6) is 0.384. The molecule has 176 valence electrons. The van der Waals surface area contributed by atoms with Crippen LogP contribution >= 0.6 is 23.4 Å². The zero-order valence-corrected chi connectivity index (χ0v) is 19.4. The maximum absolute atomic E-state index is 13.0. The fraction of sp³-hybridized carbons (Fsp3) is 0.300. The standard InChI is InChI=1S/C20H18ClF3N4O4S/c1-19(2,3)11-8-15(32-4)12(21)9-13(11)27-17(29)25-26-18(27)33-16-6-5-10(20(22,23)24)7-14(16)28(30)31/h5-9H,1-4H3,(H,25,29). The highest BCUT2D eigenvalue weighted by Crippen LogP contribution is 2.41. The van der Waals surface area contributed by atoms with Gasteiger partial charge in [-0.3, -0.25) is 10.1 Å². The molecule has 33 heavy (non-hydrogen) atoms. The van der Waals surface area contributed by atoms with Crippen LogP contribution < -0.4 is 10.4 Å². The normalized spacial score (nSPS) is 12.1. The maximum atomic E-state index is 13.0. The lowest BCUT2D eigenvalue weighted by atomic mass is 9.85. The number of methoxy groups -OCH3 is 1. The topological polar surface area (TPSA) is 103 Å². The lowest BCUT2D eigenvalue weighted by Gasteiger charge is -2.24. The molecular formula is C20H18ClF3N4O4S. The molecule has 0 spiro atoms. The molecule has 1 heterocycles. The number of nitrogens with one attached hydrogen (secondary N) is 1. The Morgan fingerprint density at radius 2 is 1.88 bits per heavy atom. The number of halogens is 4. The summed E-state index contributed by atoms with van der Waals surface area (Å²) in [5, 5.41) is 17.8. The Balaban J connectivity index is 2.19. The number of nitro benzene ring substituents is 1. The van der Waals surface area contributed by atoms with Gasteiger partial charge in [0.25, 0.3) is 5.69 Å². The molecule has 0 radical (unpaired) electrons. The maximum Gasteiger partial charge on any atom is 0.416 e. The van der Waals surface area contributed by atoms with Crippen LogP contribution in [-0.4, -0.2) is 26.8 Å². The zero-order chi connectivity index (χ0) is 24.7. The number of aromatic amines is 1. The van der Waals surface area contributed by atoms with Crippen LogP contribution in [0.15, 0.2) is 45.2 Å². The first-order valence-corrected chi connectivity index (χ1v) is 10.5. The Bertz CT molecular complexity index is 1280. The summed E-state index contributed by atoms with van der Waals surface area (Å²) in [6, 6.07) is 5.33. The fourth-order valence-corrected chi connectivity index (χ4v) is 4.24. The van der Waals surface area contributed by atoms with E-state index >= 15 is 0 Å². The van der Waals surface area contributed by atoms with Crippen LogP contribution in [0, 0.1) is 10.1 Å². The highest BCUT2D eigenvalue weighted by Gasteiger charge is 2.33. The second-order valence-electron chi connectivity index (χ2n) is 7.94. The number of H-pyrrole nitrogens is 1. The third kappa shape index (κ3) is 5.01. The van der Waals surface area contributed by atoms with Gasteiger partial charge in [0.1, 0.15) is 5.75 Å². The van der Waals surface area contributed by atoms with E-state index in [1.807, 2.05) is 20.8 Å². The average molecular weight is 503 g/mol. The quantitative estimate of drug-likeness (QED) is 0.360. The molecule has 0 aliphatic carbocycles. The van der Waals surface area contributed by atoms with Crippen molar-refractivity contribution < 1.29 is 22.8 Å². The molecule has 0 aliphatic rings. The van der Waals surface area contributed by atoms with Gasteiger partial charge in [-0.2, -0.15) is 13.2 Å². The lowest BCUT2D eigenvalue weighted by molar-refractivity contribution is -0.388. The number of aromatic nitrogens is 3. The molecule has 3 aromatic rings. The SMILES string of the molecule is COc1cc(C(C)(C)C)c(-n2c(Sc3ccc(C(F)(F)F)cc3[N+](=O)[O-])n[nH]c2=O)cc1Cl. The molecular weight excluding hydrogens is 485 g/mol. The Morgan fingerprint density at radius 1 is 1.21 bits per heavy atom. The van der Waals surface area contributed by atoms with Crippen molar-refractivity contribution in [2.24, 2.45) is 0 Å². The van der Waals surface area contributed by atoms with Gasteiger partial charge in [-0.1, -0.05) is 32.4 Å². The van der Waals surface area contributed by atoms with E-state index in [1.165, 1.54) is 13.2 Å². The van der Waals surface area contributed by atoms with Crippen molar-refractivity contribution in [1.82, 2.24) is 14.8 Å². The minimum absolute atomic E-state index is 0.0189. The molecule has 0 bridgehead atoms. The van der Waals surface area contributed by atoms with E-state index in [1.54, 1.807) is 6.07 Å². The summed E-state index contributed by atoms with van der Waals surface area (Å²) in [6.45, 7) is 5.70. The van der Waals surface area contributed by atoms with Crippen molar-refractivity contribution in [2.45, 2.75) is 42.4 Å². The molecule has 0 atom stereocenters. The van der Waals surface area contributed by atoms with Crippen molar-refractivity contribution in [1.29, 1.82) is 0 Å². The molecule has 0 fully saturated rings. The largest absolute Gasteiger partial charge is 0.495 e. The van der Waals surface area contributed by atoms with E-state index in [4.69, 9.17) is 16.3 Å². The Labute approximate surface area is 194 Å². The summed E-state index contributed by atoms with van der Waals surface area (Å²) < 4.78 is 45.5. The zero-order valence-electron chi connectivity index (χ0n) is 17.8. The fourth-order valence-electron chi connectivity index (χ4n) is 3.07. The number of nitrogens with zero attached hydrogens (tertiary/aromatic N) is 3. The van der Waals surface area contributed by atoms with Crippen molar-refractivity contribution in [3.8, 4) is 11.4 Å². The van der Waals surface area contributed by atoms with Gasteiger partial charge in [0.2, 0.25) is 5.16 Å². The number of alkyl halides is 3. The van der Waals surface area contributed by atoms with E-state index in [0.29, 0.717) is 34.8 Å². The van der Waals surface area contributed by atoms with Crippen LogP contribution in [-0.2, 0) is 11.6 Å². The first-order valence-electron chi connectivity index (χ1n) is 9.33. The third-order valence-electron chi connectivity index (χ3n) is 4.64. The number of rotatable bonds is 5. The van der Waals surface area contributed by atoms with E-state index in [0.717, 1.165) is 16.7 Å². The molecule has 0 saturated carbocycles. The third-order valence-corrected chi connectivity index (χ3v) is 5.96. The molecule has 1 N–H and O–H groups in total. The molecule has 3 rings (SSSR count). The lowest BCUT2D eigenvalue weighted by Crippen LogP contribution is -2.22. The van der Waals surface area contributed by atoms with Crippen LogP contribution in [0.3, 0.4) is 0 Å². The number of ether oxygens (including phenoxy) is 1. The minimum Gasteiger partial charge on any atom is -0.495 e. The molecule has 2 aromatic carbocycles. The van der Waals surface area contributed by atoms with Crippen molar-refractivity contribution in [3.05, 3.63) is 67.1 Å². The summed E-state index contributed by atoms with van der Waals surface area (Å²) >= 11 is 6.96. The van der Waals surface area contributed by atoms with Crippen LogP contribution in [0.4, 0.5) is 18.9 Å². The molecule has 0 amide bonds. The van der Waals surface area contributed by atoms with Gasteiger partial charge in [0.15, 0.2) is 0 Å². The molecule has 0 unspecified atom stereocenters. The molecule has 1 aromatic heterocycles. The van der Waals surface area contributed by atoms with Crippen LogP contribution in [0.2, 0.25) is 5.02 Å². The highest BCUT2D eigenvalue weighted by atomic mass is 35.5. The second-order valence-corrected chi connectivity index (χ2v) is 9.36. The van der Waals surface area contributed by atoms with Gasteiger partial charge >= 0.3 is 11.9 Å². The van der Waals surface area contributed by atoms with Crippen LogP contribution in [0.25, 0.3) is 5.69 Å². The number of nitro groups is 1. The van der Waals surface area contributed by atoms with Crippen molar-refractivity contribution in [2.75, 3.05) is 7.11 Å². The molecule has 0 saturated heterocycles. The number of hydrogen-bond donors (Lipinski definition) is 1. The van der Waals surface area contributed by atoms with Gasteiger partial charge in [-0.15, -0.1) is 5.10 Å². The molecule has 8 nitrogen and oxygen atoms in total. The van der Waals surface area contributed by atoms with E-state index in [2.05, 4.69) is 10.2 Å². The monoisotopic (exact) mass is 502 g/mol. The summed E-state index contributed by atoms with van der Waals surface area (Å²) in [4.78, 5) is 23.1. The van der Waals surface area contributed by atoms with Gasteiger partial charge in [-0.05, 0) is 47.0 Å². The Hall–Kier alpha value is -2.99. The minimum atomic E-state index is -4.75. The summed E-state index contributed by atoms with van der Waals surface area (Å²) in [5.41, 5.74) is -2.04. The van der Waals surface area contributed by atoms with Crippen molar-refractivity contribution in [3.63, 3.8) is 0 Å². The first kappa shape index (κ1) is 24.6. The van der Waals surface area contributed by atoms with Gasteiger partial charge in [0, 0.05) is 6.07 Å². The van der Waals surface area contributed by atoms with Crippen LogP contribution in [0.5, 0.6) is 5.75 Å². The van der Waals surface area contributed by atoms with Gasteiger partial charge in [-0.25, -0.2) is 14.5 Å². The molecule has 0 aliphatic heterocycles. The van der Waals surface area contributed by atoms with Crippen molar-refractivity contribution >= 4 is 29.1 Å². The van der Waals surface area contributed by atoms with E-state index in [-0.39, 0.29) is 15.1 Å². The summed E-state index contributed by atoms with van der Waals surface area (Å²) in [6.07, 6.45) is -4.75. The van der Waals surface area contributed by atoms with Crippen LogP contribution in [0.1, 0.15) is 31.9 Å². The van der Waals surface area contributed by atoms with Gasteiger partial charge < -0.3 is 4.74 Å².